The largest absolute Gasteiger partial charge is 0.294 e. The summed E-state index contributed by atoms with van der Waals surface area (Å²) in [7, 11) is 3.86. The first kappa shape index (κ1) is 11.8. The molecule has 1 heterocycles. The van der Waals surface area contributed by atoms with Crippen molar-refractivity contribution in [3.63, 3.8) is 0 Å². The van der Waals surface area contributed by atoms with Crippen LogP contribution in [-0.4, -0.2) is 43.6 Å². The maximum Gasteiger partial charge on any atom is 0.188 e. The average Bonchev–Trinajstić information content (AvgIpc) is 2.64. The van der Waals surface area contributed by atoms with Gasteiger partial charge in [-0.25, -0.2) is 0 Å². The van der Waals surface area contributed by atoms with E-state index in [0.29, 0.717) is 6.04 Å². The molecule has 1 aliphatic carbocycles. The number of tetrazole rings is 1. The number of aromatic nitrogens is 4. The number of aryl methyl sites for hydroxylation is 1. The number of hydrogen-bond donors (Lipinski definition) is 0. The van der Waals surface area contributed by atoms with Gasteiger partial charge in [0.25, 0.3) is 0 Å². The van der Waals surface area contributed by atoms with Crippen LogP contribution in [0.25, 0.3) is 0 Å². The summed E-state index contributed by atoms with van der Waals surface area (Å²) >= 11 is 6.35. The molecule has 0 bridgehead atoms. The lowest BCUT2D eigenvalue weighted by Gasteiger charge is -2.34. The van der Waals surface area contributed by atoms with Crippen molar-refractivity contribution in [2.24, 2.45) is 7.05 Å². The van der Waals surface area contributed by atoms with Gasteiger partial charge in [0, 0.05) is 11.4 Å². The molecule has 1 aromatic heterocycles. The summed E-state index contributed by atoms with van der Waals surface area (Å²) < 4.78 is 0. The lowest BCUT2D eigenvalue weighted by atomic mass is 9.94. The van der Waals surface area contributed by atoms with Gasteiger partial charge < -0.3 is 0 Å². The summed E-state index contributed by atoms with van der Waals surface area (Å²) in [5.74, 6) is 0.763. The van der Waals surface area contributed by atoms with Crippen molar-refractivity contribution in [2.45, 2.75) is 43.6 Å². The predicted octanol–water partition coefficient (Wildman–Crippen LogP) is 1.19. The van der Waals surface area contributed by atoms with Crippen LogP contribution in [0.4, 0.5) is 0 Å². The van der Waals surface area contributed by atoms with Gasteiger partial charge in [0.05, 0.1) is 13.6 Å². The minimum absolute atomic E-state index is 0.260. The van der Waals surface area contributed by atoms with E-state index < -0.39 is 0 Å². The van der Waals surface area contributed by atoms with Crippen molar-refractivity contribution >= 4 is 11.6 Å². The molecule has 0 spiro atoms. The third-order valence-electron chi connectivity index (χ3n) is 3.15. The lowest BCUT2D eigenvalue weighted by molar-refractivity contribution is 0.184. The van der Waals surface area contributed by atoms with Crippen LogP contribution in [0, 0.1) is 0 Å². The van der Waals surface area contributed by atoms with Crippen LogP contribution >= 0.6 is 11.6 Å². The van der Waals surface area contributed by atoms with Gasteiger partial charge >= 0.3 is 0 Å². The zero-order chi connectivity index (χ0) is 11.5. The molecule has 0 aliphatic heterocycles. The van der Waals surface area contributed by atoms with Crippen LogP contribution in [0.1, 0.15) is 31.5 Å². The Kier molecular flexibility index (Phi) is 3.76. The summed E-state index contributed by atoms with van der Waals surface area (Å²) in [6.07, 6.45) is 4.81. The molecule has 0 saturated heterocycles. The summed E-state index contributed by atoms with van der Waals surface area (Å²) in [4.78, 5) is 3.73. The summed E-state index contributed by atoms with van der Waals surface area (Å²) in [5, 5.41) is 12.3. The van der Waals surface area contributed by atoms with E-state index in [4.69, 9.17) is 11.6 Å². The molecule has 6 heteroatoms. The van der Waals surface area contributed by atoms with Crippen LogP contribution in [0.5, 0.6) is 0 Å². The summed E-state index contributed by atoms with van der Waals surface area (Å²) in [6.45, 7) is 0.724. The van der Waals surface area contributed by atoms with E-state index in [1.165, 1.54) is 24.1 Å². The van der Waals surface area contributed by atoms with Crippen LogP contribution < -0.4 is 0 Å². The molecule has 1 saturated carbocycles. The number of alkyl halides is 1. The third kappa shape index (κ3) is 2.71. The molecule has 2 rings (SSSR count). The average molecular weight is 244 g/mol. The number of halogens is 1. The van der Waals surface area contributed by atoms with Crippen molar-refractivity contribution in [1.82, 2.24) is 25.1 Å². The molecule has 2 atom stereocenters. The molecule has 0 amide bonds. The summed E-state index contributed by atoms with van der Waals surface area (Å²) in [5.41, 5.74) is 0. The first-order valence-electron chi connectivity index (χ1n) is 5.74. The highest BCUT2D eigenvalue weighted by molar-refractivity contribution is 6.21. The van der Waals surface area contributed by atoms with Gasteiger partial charge in [0.1, 0.15) is 0 Å². The number of rotatable bonds is 3. The molecule has 0 aromatic carbocycles. The Labute approximate surface area is 101 Å². The number of hydrogen-bond acceptors (Lipinski definition) is 4. The van der Waals surface area contributed by atoms with Crippen LogP contribution in [-0.2, 0) is 13.6 Å². The van der Waals surface area contributed by atoms with Crippen molar-refractivity contribution in [2.75, 3.05) is 7.05 Å². The van der Waals surface area contributed by atoms with Gasteiger partial charge in [-0.1, -0.05) is 12.8 Å². The minimum Gasteiger partial charge on any atom is -0.294 e. The van der Waals surface area contributed by atoms with Crippen molar-refractivity contribution in [1.29, 1.82) is 0 Å². The van der Waals surface area contributed by atoms with E-state index in [2.05, 4.69) is 27.4 Å². The molecular weight excluding hydrogens is 226 g/mol. The topological polar surface area (TPSA) is 46.8 Å². The SMILES string of the molecule is CN(Cc1nnn(C)n1)C1CCCCC1Cl. The second kappa shape index (κ2) is 5.10. The van der Waals surface area contributed by atoms with Crippen molar-refractivity contribution < 1.29 is 0 Å². The van der Waals surface area contributed by atoms with E-state index in [1.54, 1.807) is 7.05 Å². The highest BCUT2D eigenvalue weighted by Gasteiger charge is 2.27. The standard InChI is InChI=1S/C10H18ClN5/c1-15(7-10-12-14-16(2)13-10)9-6-4-3-5-8(9)11/h8-9H,3-7H2,1-2H3. The smallest absolute Gasteiger partial charge is 0.188 e. The number of nitrogens with zero attached hydrogens (tertiary/aromatic N) is 5. The predicted molar refractivity (Wildman–Crippen MR) is 62.2 cm³/mol. The Morgan fingerprint density at radius 3 is 2.81 bits per heavy atom. The van der Waals surface area contributed by atoms with E-state index in [-0.39, 0.29) is 5.38 Å². The molecule has 0 radical (unpaired) electrons. The zero-order valence-corrected chi connectivity index (χ0v) is 10.6. The van der Waals surface area contributed by atoms with Crippen molar-refractivity contribution in [3.8, 4) is 0 Å². The quantitative estimate of drug-likeness (QED) is 0.749. The van der Waals surface area contributed by atoms with Gasteiger partial charge in [-0.2, -0.15) is 4.80 Å². The van der Waals surface area contributed by atoms with Gasteiger partial charge in [0.15, 0.2) is 5.82 Å². The van der Waals surface area contributed by atoms with Gasteiger partial charge in [-0.05, 0) is 25.1 Å². The highest BCUT2D eigenvalue weighted by Crippen LogP contribution is 2.26. The maximum absolute atomic E-state index is 6.35. The van der Waals surface area contributed by atoms with Gasteiger partial charge in [-0.3, -0.25) is 4.90 Å². The Hall–Kier alpha value is -0.680. The molecular formula is C10H18ClN5. The molecule has 1 fully saturated rings. The zero-order valence-electron chi connectivity index (χ0n) is 9.80. The molecule has 0 N–H and O–H groups in total. The normalized spacial score (nSPS) is 26.2. The third-order valence-corrected chi connectivity index (χ3v) is 3.66. The Balaban J connectivity index is 1.93. The van der Waals surface area contributed by atoms with Gasteiger partial charge in [0.2, 0.25) is 0 Å². The lowest BCUT2D eigenvalue weighted by Crippen LogP contribution is -2.40. The Morgan fingerprint density at radius 2 is 2.19 bits per heavy atom. The fourth-order valence-electron chi connectivity index (χ4n) is 2.29. The van der Waals surface area contributed by atoms with E-state index in [1.807, 2.05) is 0 Å². The van der Waals surface area contributed by atoms with Crippen molar-refractivity contribution in [3.05, 3.63) is 5.82 Å². The second-order valence-electron chi connectivity index (χ2n) is 4.48. The molecule has 16 heavy (non-hydrogen) atoms. The van der Waals surface area contributed by atoms with E-state index in [0.717, 1.165) is 18.8 Å². The molecule has 1 aliphatic rings. The van der Waals surface area contributed by atoms with Crippen LogP contribution in [0.15, 0.2) is 0 Å². The highest BCUT2D eigenvalue weighted by atomic mass is 35.5. The monoisotopic (exact) mass is 243 g/mol. The van der Waals surface area contributed by atoms with E-state index >= 15 is 0 Å². The van der Waals surface area contributed by atoms with E-state index in [9.17, 15) is 0 Å². The maximum atomic E-state index is 6.35. The molecule has 90 valence electrons. The minimum atomic E-state index is 0.260. The molecule has 5 nitrogen and oxygen atoms in total. The Morgan fingerprint density at radius 1 is 1.44 bits per heavy atom. The van der Waals surface area contributed by atoms with Crippen LogP contribution in [0.2, 0.25) is 0 Å². The summed E-state index contributed by atoms with van der Waals surface area (Å²) in [6, 6.07) is 0.444. The Bertz CT molecular complexity index is 340. The molecule has 1 aromatic rings. The second-order valence-corrected chi connectivity index (χ2v) is 5.04. The first-order valence-corrected chi connectivity index (χ1v) is 6.17. The fourth-order valence-corrected chi connectivity index (χ4v) is 2.76. The molecule has 2 unspecified atom stereocenters. The fraction of sp³-hybridized carbons (Fsp3) is 0.900. The first-order chi connectivity index (χ1) is 7.66. The van der Waals surface area contributed by atoms with Crippen LogP contribution in [0.3, 0.4) is 0 Å². The van der Waals surface area contributed by atoms with Gasteiger partial charge in [-0.15, -0.1) is 21.8 Å².